The van der Waals surface area contributed by atoms with Crippen molar-refractivity contribution in [2.75, 3.05) is 13.1 Å². The molecule has 4 heteroatoms. The van der Waals surface area contributed by atoms with Crippen LogP contribution in [0, 0.1) is 0 Å². The second-order valence-corrected chi connectivity index (χ2v) is 5.01. The topological polar surface area (TPSA) is 42.2 Å². The molecule has 3 nitrogen and oxygen atoms in total. The number of likely N-dealkylation sites (N-methyl/N-ethyl adjacent to an activating group) is 1. The minimum atomic E-state index is 0.300. The SMILES string of the molecule is CCN(Cc1ccncc1)C(CN)c1ccsc1. The Morgan fingerprint density at radius 2 is 2.11 bits per heavy atom. The normalized spacial score (nSPS) is 12.8. The van der Waals surface area contributed by atoms with Crippen LogP contribution in [-0.4, -0.2) is 23.0 Å². The molecule has 0 spiro atoms. The van der Waals surface area contributed by atoms with Crippen molar-refractivity contribution < 1.29 is 0 Å². The molecular weight excluding hydrogens is 242 g/mol. The van der Waals surface area contributed by atoms with Gasteiger partial charge in [0.1, 0.15) is 0 Å². The Hall–Kier alpha value is -1.23. The van der Waals surface area contributed by atoms with Crippen LogP contribution < -0.4 is 5.73 Å². The Balaban J connectivity index is 2.12. The van der Waals surface area contributed by atoms with Crippen LogP contribution in [0.25, 0.3) is 0 Å². The van der Waals surface area contributed by atoms with E-state index in [4.69, 9.17) is 5.73 Å². The van der Waals surface area contributed by atoms with Gasteiger partial charge in [-0.25, -0.2) is 0 Å². The van der Waals surface area contributed by atoms with Gasteiger partial charge in [-0.1, -0.05) is 6.92 Å². The zero-order valence-corrected chi connectivity index (χ0v) is 11.4. The second kappa shape index (κ2) is 6.64. The highest BCUT2D eigenvalue weighted by Crippen LogP contribution is 2.23. The Labute approximate surface area is 112 Å². The first-order chi connectivity index (χ1) is 8.85. The van der Waals surface area contributed by atoms with Gasteiger partial charge in [0.2, 0.25) is 0 Å². The summed E-state index contributed by atoms with van der Waals surface area (Å²) in [6.45, 7) is 4.72. The maximum absolute atomic E-state index is 5.94. The lowest BCUT2D eigenvalue weighted by atomic mass is 10.1. The lowest BCUT2D eigenvalue weighted by Gasteiger charge is -2.29. The van der Waals surface area contributed by atoms with E-state index in [-0.39, 0.29) is 0 Å². The summed E-state index contributed by atoms with van der Waals surface area (Å²) in [6, 6.07) is 6.58. The van der Waals surface area contributed by atoms with E-state index in [1.54, 1.807) is 11.3 Å². The molecule has 0 aliphatic heterocycles. The largest absolute Gasteiger partial charge is 0.329 e. The lowest BCUT2D eigenvalue weighted by molar-refractivity contribution is 0.204. The van der Waals surface area contributed by atoms with Crippen molar-refractivity contribution in [1.82, 2.24) is 9.88 Å². The van der Waals surface area contributed by atoms with Crippen molar-refractivity contribution in [1.29, 1.82) is 0 Å². The molecule has 0 aliphatic rings. The number of hydrogen-bond acceptors (Lipinski definition) is 4. The highest BCUT2D eigenvalue weighted by Gasteiger charge is 2.18. The van der Waals surface area contributed by atoms with E-state index in [0.29, 0.717) is 12.6 Å². The molecule has 1 atom stereocenters. The van der Waals surface area contributed by atoms with E-state index >= 15 is 0 Å². The van der Waals surface area contributed by atoms with Crippen molar-refractivity contribution in [2.45, 2.75) is 19.5 Å². The number of nitrogens with zero attached hydrogens (tertiary/aromatic N) is 2. The van der Waals surface area contributed by atoms with Gasteiger partial charge in [-0.05, 0) is 46.6 Å². The Kier molecular flexibility index (Phi) is 4.87. The molecule has 1 unspecified atom stereocenters. The van der Waals surface area contributed by atoms with Crippen LogP contribution in [0.5, 0.6) is 0 Å². The van der Waals surface area contributed by atoms with Gasteiger partial charge in [-0.15, -0.1) is 0 Å². The summed E-state index contributed by atoms with van der Waals surface area (Å²) < 4.78 is 0. The van der Waals surface area contributed by atoms with Gasteiger partial charge in [0.15, 0.2) is 0 Å². The first-order valence-electron chi connectivity index (χ1n) is 6.20. The maximum atomic E-state index is 5.94. The Bertz CT molecular complexity index is 441. The van der Waals surface area contributed by atoms with Crippen molar-refractivity contribution >= 4 is 11.3 Å². The highest BCUT2D eigenvalue weighted by atomic mass is 32.1. The first-order valence-corrected chi connectivity index (χ1v) is 7.14. The van der Waals surface area contributed by atoms with E-state index in [2.05, 4.69) is 45.8 Å². The molecule has 0 aliphatic carbocycles. The summed E-state index contributed by atoms with van der Waals surface area (Å²) in [5, 5.41) is 4.30. The summed E-state index contributed by atoms with van der Waals surface area (Å²) in [7, 11) is 0. The minimum absolute atomic E-state index is 0.300. The molecule has 0 fully saturated rings. The van der Waals surface area contributed by atoms with Crippen LogP contribution in [0.4, 0.5) is 0 Å². The van der Waals surface area contributed by atoms with Crippen LogP contribution in [0.1, 0.15) is 24.1 Å². The first kappa shape index (κ1) is 13.2. The molecule has 0 amide bonds. The Morgan fingerprint density at radius 3 is 2.67 bits per heavy atom. The van der Waals surface area contributed by atoms with Crippen LogP contribution >= 0.6 is 11.3 Å². The van der Waals surface area contributed by atoms with Gasteiger partial charge < -0.3 is 5.73 Å². The average Bonchev–Trinajstić information content (AvgIpc) is 2.93. The summed E-state index contributed by atoms with van der Waals surface area (Å²) in [6.07, 6.45) is 3.68. The third-order valence-electron chi connectivity index (χ3n) is 3.13. The van der Waals surface area contributed by atoms with Crippen LogP contribution in [0.3, 0.4) is 0 Å². The number of aromatic nitrogens is 1. The monoisotopic (exact) mass is 261 g/mol. The number of rotatable bonds is 6. The van der Waals surface area contributed by atoms with Crippen molar-refractivity contribution in [3.05, 3.63) is 52.5 Å². The van der Waals surface area contributed by atoms with E-state index in [1.807, 2.05) is 12.4 Å². The number of thiophene rings is 1. The summed E-state index contributed by atoms with van der Waals surface area (Å²) in [5.74, 6) is 0. The van der Waals surface area contributed by atoms with E-state index in [1.165, 1.54) is 11.1 Å². The summed E-state index contributed by atoms with van der Waals surface area (Å²) >= 11 is 1.73. The molecule has 96 valence electrons. The molecule has 0 radical (unpaired) electrons. The standard InChI is InChI=1S/C14H19N3S/c1-2-17(10-12-3-6-16-7-4-12)14(9-15)13-5-8-18-11-13/h3-8,11,14H,2,9-10,15H2,1H3. The third-order valence-corrected chi connectivity index (χ3v) is 3.83. The zero-order valence-electron chi connectivity index (χ0n) is 10.6. The van der Waals surface area contributed by atoms with Crippen LogP contribution in [0.2, 0.25) is 0 Å². The molecule has 2 aromatic heterocycles. The molecule has 0 bridgehead atoms. The smallest absolute Gasteiger partial charge is 0.0482 e. The fraction of sp³-hybridized carbons (Fsp3) is 0.357. The number of hydrogen-bond donors (Lipinski definition) is 1. The second-order valence-electron chi connectivity index (χ2n) is 4.23. The van der Waals surface area contributed by atoms with E-state index in [9.17, 15) is 0 Å². The lowest BCUT2D eigenvalue weighted by Crippen LogP contribution is -2.33. The average molecular weight is 261 g/mol. The summed E-state index contributed by atoms with van der Waals surface area (Å²) in [5.41, 5.74) is 8.54. The minimum Gasteiger partial charge on any atom is -0.329 e. The molecular formula is C14H19N3S. The molecule has 0 saturated carbocycles. The molecule has 2 rings (SSSR count). The van der Waals surface area contributed by atoms with Crippen LogP contribution in [0.15, 0.2) is 41.4 Å². The number of pyridine rings is 1. The van der Waals surface area contributed by atoms with Crippen molar-refractivity contribution in [2.24, 2.45) is 5.73 Å². The van der Waals surface area contributed by atoms with Gasteiger partial charge in [0.05, 0.1) is 0 Å². The van der Waals surface area contributed by atoms with E-state index < -0.39 is 0 Å². The van der Waals surface area contributed by atoms with Crippen molar-refractivity contribution in [3.63, 3.8) is 0 Å². The maximum Gasteiger partial charge on any atom is 0.0482 e. The van der Waals surface area contributed by atoms with Crippen molar-refractivity contribution in [3.8, 4) is 0 Å². The molecule has 0 saturated heterocycles. The van der Waals surface area contributed by atoms with Crippen LogP contribution in [-0.2, 0) is 6.54 Å². The number of nitrogens with two attached hydrogens (primary N) is 1. The third kappa shape index (κ3) is 3.16. The fourth-order valence-corrected chi connectivity index (χ4v) is 2.83. The quantitative estimate of drug-likeness (QED) is 0.869. The fourth-order valence-electron chi connectivity index (χ4n) is 2.13. The zero-order chi connectivity index (χ0) is 12.8. The molecule has 2 N–H and O–H groups in total. The molecule has 2 heterocycles. The molecule has 0 aromatic carbocycles. The van der Waals surface area contributed by atoms with E-state index in [0.717, 1.165) is 13.1 Å². The molecule has 2 aromatic rings. The predicted octanol–water partition coefficient (Wildman–Crippen LogP) is 2.67. The summed E-state index contributed by atoms with van der Waals surface area (Å²) in [4.78, 5) is 6.45. The van der Waals surface area contributed by atoms with Gasteiger partial charge in [0, 0.05) is 31.5 Å². The van der Waals surface area contributed by atoms with Gasteiger partial charge in [-0.2, -0.15) is 11.3 Å². The molecule has 18 heavy (non-hydrogen) atoms. The highest BCUT2D eigenvalue weighted by molar-refractivity contribution is 7.07. The van der Waals surface area contributed by atoms with Gasteiger partial charge >= 0.3 is 0 Å². The Morgan fingerprint density at radius 1 is 1.33 bits per heavy atom. The van der Waals surface area contributed by atoms with Gasteiger partial charge in [-0.3, -0.25) is 9.88 Å². The van der Waals surface area contributed by atoms with Gasteiger partial charge in [0.25, 0.3) is 0 Å². The predicted molar refractivity (Wildman–Crippen MR) is 76.4 cm³/mol.